The Balaban J connectivity index is 1.71. The van der Waals surface area contributed by atoms with Gasteiger partial charge in [-0.25, -0.2) is 0 Å². The lowest BCUT2D eigenvalue weighted by Gasteiger charge is -2.33. The van der Waals surface area contributed by atoms with Gasteiger partial charge in [-0.15, -0.1) is 0 Å². The number of carbonyl (C=O) groups is 1. The molecule has 5 heteroatoms. The Morgan fingerprint density at radius 1 is 1.35 bits per heavy atom. The van der Waals surface area contributed by atoms with Crippen molar-refractivity contribution in [3.05, 3.63) is 35.4 Å². The van der Waals surface area contributed by atoms with Gasteiger partial charge in [-0.2, -0.15) is 0 Å². The summed E-state index contributed by atoms with van der Waals surface area (Å²) in [6.07, 6.45) is 1.17. The van der Waals surface area contributed by atoms with E-state index in [-0.39, 0.29) is 12.5 Å². The normalized spacial score (nSPS) is 18.4. The topological polar surface area (TPSA) is 61.8 Å². The monoisotopic (exact) mass is 320 g/mol. The molecule has 5 nitrogen and oxygen atoms in total. The minimum absolute atomic E-state index is 0.0181. The Labute approximate surface area is 138 Å². The summed E-state index contributed by atoms with van der Waals surface area (Å²) in [6, 6.07) is 8.10. The van der Waals surface area contributed by atoms with Crippen LogP contribution in [0.5, 0.6) is 0 Å². The van der Waals surface area contributed by atoms with E-state index in [1.165, 1.54) is 11.1 Å². The maximum absolute atomic E-state index is 12.0. The van der Waals surface area contributed by atoms with Gasteiger partial charge in [-0.3, -0.25) is 9.69 Å². The molecule has 1 aliphatic heterocycles. The van der Waals surface area contributed by atoms with Crippen LogP contribution in [-0.2, 0) is 16.0 Å². The predicted molar refractivity (Wildman–Crippen MR) is 90.4 cm³/mol. The van der Waals surface area contributed by atoms with Crippen LogP contribution < -0.4 is 5.32 Å². The molecule has 2 N–H and O–H groups in total. The van der Waals surface area contributed by atoms with Crippen molar-refractivity contribution in [3.63, 3.8) is 0 Å². The van der Waals surface area contributed by atoms with Gasteiger partial charge in [0.1, 0.15) is 0 Å². The maximum Gasteiger partial charge on any atom is 0.220 e. The number of nitrogens with zero attached hydrogens (tertiary/aromatic N) is 1. The number of ether oxygens (including phenoxy) is 1. The molecular weight excluding hydrogens is 292 g/mol. The molecule has 1 atom stereocenters. The third-order valence-electron chi connectivity index (χ3n) is 4.22. The number of amides is 1. The molecule has 1 unspecified atom stereocenters. The number of aryl methyl sites for hydroxylation is 2. The molecule has 0 aliphatic carbocycles. The first-order chi connectivity index (χ1) is 11.0. The molecule has 1 heterocycles. The van der Waals surface area contributed by atoms with Gasteiger partial charge in [0, 0.05) is 32.6 Å². The van der Waals surface area contributed by atoms with Crippen LogP contribution in [0.25, 0.3) is 0 Å². The predicted octanol–water partition coefficient (Wildman–Crippen LogP) is 1.13. The van der Waals surface area contributed by atoms with Crippen molar-refractivity contribution in [2.45, 2.75) is 32.3 Å². The number of hydrogen-bond acceptors (Lipinski definition) is 4. The van der Waals surface area contributed by atoms with E-state index < -0.39 is 5.60 Å². The van der Waals surface area contributed by atoms with Gasteiger partial charge in [0.05, 0.1) is 18.8 Å². The Morgan fingerprint density at radius 2 is 2.04 bits per heavy atom. The van der Waals surface area contributed by atoms with Gasteiger partial charge in [0.25, 0.3) is 0 Å². The fourth-order valence-corrected chi connectivity index (χ4v) is 2.81. The third kappa shape index (κ3) is 6.29. The van der Waals surface area contributed by atoms with E-state index in [0.717, 1.165) is 19.5 Å². The summed E-state index contributed by atoms with van der Waals surface area (Å²) in [5, 5.41) is 13.3. The average Bonchev–Trinajstić information content (AvgIpc) is 2.53. The molecule has 0 bridgehead atoms. The van der Waals surface area contributed by atoms with E-state index in [1.807, 2.05) is 12.1 Å². The zero-order chi connectivity index (χ0) is 16.7. The van der Waals surface area contributed by atoms with Crippen LogP contribution in [0.4, 0.5) is 0 Å². The Bertz CT molecular complexity index is 511. The zero-order valence-corrected chi connectivity index (χ0v) is 14.2. The molecule has 0 radical (unpaired) electrons. The van der Waals surface area contributed by atoms with Crippen LogP contribution in [0.15, 0.2) is 24.3 Å². The lowest BCUT2D eigenvalue weighted by atomic mass is 10.0. The maximum atomic E-state index is 12.0. The second kappa shape index (κ2) is 8.43. The highest BCUT2D eigenvalue weighted by Crippen LogP contribution is 2.10. The fraction of sp³-hybridized carbons (Fsp3) is 0.611. The van der Waals surface area contributed by atoms with Crippen molar-refractivity contribution in [1.82, 2.24) is 10.2 Å². The first-order valence-corrected chi connectivity index (χ1v) is 8.30. The van der Waals surface area contributed by atoms with Crippen LogP contribution in [0, 0.1) is 6.92 Å². The molecule has 1 aliphatic rings. The molecular formula is C18H28N2O3. The van der Waals surface area contributed by atoms with E-state index in [2.05, 4.69) is 29.3 Å². The van der Waals surface area contributed by atoms with Crippen LogP contribution in [-0.4, -0.2) is 60.9 Å². The SMILES string of the molecule is Cc1ccccc1CCC(=O)NCC(C)(O)CN1CCOCC1. The molecule has 128 valence electrons. The summed E-state index contributed by atoms with van der Waals surface area (Å²) in [5.74, 6) is -0.0181. The quantitative estimate of drug-likeness (QED) is 0.790. The summed E-state index contributed by atoms with van der Waals surface area (Å²) < 4.78 is 5.30. The number of carbonyl (C=O) groups excluding carboxylic acids is 1. The van der Waals surface area contributed by atoms with Gasteiger partial charge in [-0.1, -0.05) is 24.3 Å². The summed E-state index contributed by atoms with van der Waals surface area (Å²) in [4.78, 5) is 14.2. The standard InChI is InChI=1S/C18H28N2O3/c1-15-5-3-4-6-16(15)7-8-17(21)19-13-18(2,22)14-20-9-11-23-12-10-20/h3-6,22H,7-14H2,1-2H3,(H,19,21). The van der Waals surface area contributed by atoms with Crippen LogP contribution in [0.2, 0.25) is 0 Å². The van der Waals surface area contributed by atoms with Crippen molar-refractivity contribution < 1.29 is 14.6 Å². The van der Waals surface area contributed by atoms with Gasteiger partial charge in [0.2, 0.25) is 5.91 Å². The first kappa shape index (κ1) is 17.9. The van der Waals surface area contributed by atoms with E-state index in [1.54, 1.807) is 6.92 Å². The van der Waals surface area contributed by atoms with Crippen LogP contribution in [0.3, 0.4) is 0 Å². The Kier molecular flexibility index (Phi) is 6.57. The summed E-state index contributed by atoms with van der Waals surface area (Å²) in [7, 11) is 0. The largest absolute Gasteiger partial charge is 0.387 e. The molecule has 2 rings (SSSR count). The second-order valence-electron chi connectivity index (χ2n) is 6.59. The van der Waals surface area contributed by atoms with E-state index in [9.17, 15) is 9.90 Å². The number of benzene rings is 1. The number of aliphatic hydroxyl groups is 1. The molecule has 1 aromatic carbocycles. The Hall–Kier alpha value is -1.43. The number of β-amino-alcohol motifs (C(OH)–C–C–N with tert-alkyl or cyclic N) is 1. The highest BCUT2D eigenvalue weighted by molar-refractivity contribution is 5.76. The van der Waals surface area contributed by atoms with Crippen molar-refractivity contribution in [2.75, 3.05) is 39.4 Å². The zero-order valence-electron chi connectivity index (χ0n) is 14.2. The molecule has 0 saturated carbocycles. The molecule has 1 saturated heterocycles. The lowest BCUT2D eigenvalue weighted by Crippen LogP contribution is -2.51. The first-order valence-electron chi connectivity index (χ1n) is 8.30. The molecule has 0 spiro atoms. The number of nitrogens with one attached hydrogen (secondary N) is 1. The van der Waals surface area contributed by atoms with E-state index >= 15 is 0 Å². The molecule has 1 aromatic rings. The van der Waals surface area contributed by atoms with Gasteiger partial charge < -0.3 is 15.2 Å². The lowest BCUT2D eigenvalue weighted by molar-refractivity contribution is -0.122. The van der Waals surface area contributed by atoms with Crippen LogP contribution >= 0.6 is 0 Å². The number of hydrogen-bond donors (Lipinski definition) is 2. The molecule has 1 fully saturated rings. The summed E-state index contributed by atoms with van der Waals surface area (Å²) in [6.45, 7) is 7.72. The van der Waals surface area contributed by atoms with Crippen LogP contribution in [0.1, 0.15) is 24.5 Å². The van der Waals surface area contributed by atoms with Crippen molar-refractivity contribution in [2.24, 2.45) is 0 Å². The number of rotatable bonds is 7. The smallest absolute Gasteiger partial charge is 0.220 e. The fourth-order valence-electron chi connectivity index (χ4n) is 2.81. The second-order valence-corrected chi connectivity index (χ2v) is 6.59. The highest BCUT2D eigenvalue weighted by atomic mass is 16.5. The average molecular weight is 320 g/mol. The van der Waals surface area contributed by atoms with Crippen molar-refractivity contribution in [3.8, 4) is 0 Å². The van der Waals surface area contributed by atoms with Gasteiger partial charge in [0.15, 0.2) is 0 Å². The van der Waals surface area contributed by atoms with Gasteiger partial charge >= 0.3 is 0 Å². The number of morpholine rings is 1. The summed E-state index contributed by atoms with van der Waals surface area (Å²) in [5.41, 5.74) is 1.48. The highest BCUT2D eigenvalue weighted by Gasteiger charge is 2.25. The van der Waals surface area contributed by atoms with E-state index in [4.69, 9.17) is 4.74 Å². The van der Waals surface area contributed by atoms with E-state index in [0.29, 0.717) is 26.2 Å². The molecule has 23 heavy (non-hydrogen) atoms. The minimum atomic E-state index is -0.921. The molecule has 1 amide bonds. The van der Waals surface area contributed by atoms with Crippen molar-refractivity contribution in [1.29, 1.82) is 0 Å². The minimum Gasteiger partial charge on any atom is -0.387 e. The van der Waals surface area contributed by atoms with Gasteiger partial charge in [-0.05, 0) is 31.4 Å². The summed E-state index contributed by atoms with van der Waals surface area (Å²) >= 11 is 0. The van der Waals surface area contributed by atoms with Crippen molar-refractivity contribution >= 4 is 5.91 Å². The molecule has 0 aromatic heterocycles. The third-order valence-corrected chi connectivity index (χ3v) is 4.22. The Morgan fingerprint density at radius 3 is 2.74 bits per heavy atom.